The number of hydrogen-bond donors (Lipinski definition) is 1. The van der Waals surface area contributed by atoms with Gasteiger partial charge < -0.3 is 15.1 Å². The van der Waals surface area contributed by atoms with Crippen LogP contribution in [0.25, 0.3) is 0 Å². The summed E-state index contributed by atoms with van der Waals surface area (Å²) in [6, 6.07) is 6.48. The Hall–Kier alpha value is -2.63. The lowest BCUT2D eigenvalue weighted by atomic mass is 9.67. The minimum absolute atomic E-state index is 0.00149. The summed E-state index contributed by atoms with van der Waals surface area (Å²) in [7, 11) is 0. The molecule has 2 fully saturated rings. The molecule has 2 amide bonds. The fourth-order valence-corrected chi connectivity index (χ4v) is 5.15. The van der Waals surface area contributed by atoms with E-state index in [2.05, 4.69) is 5.32 Å². The number of amides is 2. The van der Waals surface area contributed by atoms with Gasteiger partial charge in [-0.1, -0.05) is 32.1 Å². The minimum Gasteiger partial charge on any atom is -0.371 e. The van der Waals surface area contributed by atoms with Crippen molar-refractivity contribution in [2.24, 2.45) is 5.41 Å². The van der Waals surface area contributed by atoms with Gasteiger partial charge in [-0.15, -0.1) is 0 Å². The van der Waals surface area contributed by atoms with E-state index in [0.29, 0.717) is 12.1 Å². The standard InChI is InChI=1S/C21H23N3O3/c1-20(2)9-11-24-16(19(27)23-10-5-8-15(23)18(24)26)12-21(20)17(25)13-6-3-4-7-14(13)22-21/h3-4,6-7,9,11,15-16,22H,5,8,10,12H2,1-2H3/t15-,16-,21+/m0/s1. The summed E-state index contributed by atoms with van der Waals surface area (Å²) < 4.78 is 0. The van der Waals surface area contributed by atoms with Gasteiger partial charge in [0.1, 0.15) is 17.6 Å². The Morgan fingerprint density at radius 2 is 1.85 bits per heavy atom. The topological polar surface area (TPSA) is 69.7 Å². The van der Waals surface area contributed by atoms with Gasteiger partial charge in [-0.2, -0.15) is 0 Å². The lowest BCUT2D eigenvalue weighted by molar-refractivity contribution is -0.156. The zero-order valence-electron chi connectivity index (χ0n) is 15.6. The number of ketones is 1. The largest absolute Gasteiger partial charge is 0.371 e. The SMILES string of the molecule is CC1(C)C=CN2C(=O)[C@@H]3CCCN3C(=O)[C@@H]2C[C@]12Nc1ccccc1C2=O. The molecular weight excluding hydrogens is 342 g/mol. The smallest absolute Gasteiger partial charge is 0.250 e. The number of rotatable bonds is 0. The van der Waals surface area contributed by atoms with Crippen LogP contribution in [0.1, 0.15) is 43.5 Å². The van der Waals surface area contributed by atoms with Gasteiger partial charge in [-0.3, -0.25) is 14.4 Å². The third kappa shape index (κ3) is 1.98. The van der Waals surface area contributed by atoms with E-state index in [9.17, 15) is 14.4 Å². The second-order valence-corrected chi connectivity index (χ2v) is 8.60. The molecule has 0 bridgehead atoms. The van der Waals surface area contributed by atoms with Gasteiger partial charge in [0.15, 0.2) is 5.78 Å². The van der Waals surface area contributed by atoms with Crippen molar-refractivity contribution in [3.05, 3.63) is 42.1 Å². The number of nitrogens with one attached hydrogen (secondary N) is 1. The van der Waals surface area contributed by atoms with Crippen molar-refractivity contribution in [2.45, 2.75) is 50.7 Å². The summed E-state index contributed by atoms with van der Waals surface area (Å²) in [6.07, 6.45) is 5.51. The first-order chi connectivity index (χ1) is 12.9. The fourth-order valence-electron chi connectivity index (χ4n) is 5.15. The lowest BCUT2D eigenvalue weighted by Gasteiger charge is -2.45. The highest BCUT2D eigenvalue weighted by molar-refractivity contribution is 6.14. The first kappa shape index (κ1) is 16.5. The Morgan fingerprint density at radius 1 is 1.07 bits per heavy atom. The van der Waals surface area contributed by atoms with E-state index in [-0.39, 0.29) is 30.1 Å². The molecule has 4 heterocycles. The van der Waals surface area contributed by atoms with Gasteiger partial charge in [0, 0.05) is 35.8 Å². The monoisotopic (exact) mass is 365 g/mol. The number of carbonyl (C=O) groups excluding carboxylic acids is 3. The number of hydrogen-bond acceptors (Lipinski definition) is 4. The molecule has 1 aromatic carbocycles. The zero-order chi connectivity index (χ0) is 19.0. The van der Waals surface area contributed by atoms with Gasteiger partial charge in [-0.25, -0.2) is 0 Å². The Balaban J connectivity index is 1.62. The summed E-state index contributed by atoms with van der Waals surface area (Å²) in [6.45, 7) is 4.62. The second-order valence-electron chi connectivity index (χ2n) is 8.60. The molecule has 6 nitrogen and oxygen atoms in total. The molecule has 2 saturated heterocycles. The minimum atomic E-state index is -0.949. The molecule has 4 aliphatic heterocycles. The quantitative estimate of drug-likeness (QED) is 0.765. The molecule has 4 aliphatic rings. The van der Waals surface area contributed by atoms with E-state index < -0.39 is 17.0 Å². The molecule has 140 valence electrons. The van der Waals surface area contributed by atoms with Crippen LogP contribution < -0.4 is 5.32 Å². The van der Waals surface area contributed by atoms with Crippen molar-refractivity contribution in [3.8, 4) is 0 Å². The molecule has 1 aromatic rings. The first-order valence-electron chi connectivity index (χ1n) is 9.60. The van der Waals surface area contributed by atoms with Crippen molar-refractivity contribution in [1.82, 2.24) is 9.80 Å². The summed E-state index contributed by atoms with van der Waals surface area (Å²) in [5.74, 6) is -0.0630. The summed E-state index contributed by atoms with van der Waals surface area (Å²) in [4.78, 5) is 43.1. The van der Waals surface area contributed by atoms with Gasteiger partial charge >= 0.3 is 0 Å². The highest BCUT2D eigenvalue weighted by Gasteiger charge is 2.60. The number of anilines is 1. The van der Waals surface area contributed by atoms with E-state index in [1.807, 2.05) is 44.2 Å². The van der Waals surface area contributed by atoms with Crippen molar-refractivity contribution in [3.63, 3.8) is 0 Å². The van der Waals surface area contributed by atoms with Crippen LogP contribution in [-0.4, -0.2) is 51.6 Å². The number of carbonyl (C=O) groups is 3. The number of para-hydroxylation sites is 1. The van der Waals surface area contributed by atoms with E-state index in [1.54, 1.807) is 16.0 Å². The number of piperazine rings is 1. The summed E-state index contributed by atoms with van der Waals surface area (Å²) in [5.41, 5.74) is -0.0623. The molecule has 1 N–H and O–H groups in total. The molecule has 0 saturated carbocycles. The zero-order valence-corrected chi connectivity index (χ0v) is 15.6. The van der Waals surface area contributed by atoms with Crippen molar-refractivity contribution >= 4 is 23.3 Å². The van der Waals surface area contributed by atoms with E-state index in [4.69, 9.17) is 0 Å². The van der Waals surface area contributed by atoms with Gasteiger partial charge in [0.05, 0.1) is 0 Å². The predicted molar refractivity (Wildman–Crippen MR) is 100 cm³/mol. The van der Waals surface area contributed by atoms with Gasteiger partial charge in [-0.05, 0) is 25.0 Å². The molecule has 0 aliphatic carbocycles. The number of benzene rings is 1. The highest BCUT2D eigenvalue weighted by Crippen LogP contribution is 2.49. The third-order valence-electron chi connectivity index (χ3n) is 6.85. The van der Waals surface area contributed by atoms with Crippen LogP contribution in [-0.2, 0) is 9.59 Å². The average molecular weight is 365 g/mol. The van der Waals surface area contributed by atoms with E-state index >= 15 is 0 Å². The van der Waals surface area contributed by atoms with Gasteiger partial charge in [0.2, 0.25) is 11.8 Å². The van der Waals surface area contributed by atoms with Crippen LogP contribution in [0.3, 0.4) is 0 Å². The molecule has 0 unspecified atom stereocenters. The molecule has 0 aromatic heterocycles. The fraction of sp³-hybridized carbons (Fsp3) is 0.476. The second kappa shape index (κ2) is 5.21. The van der Waals surface area contributed by atoms with Crippen LogP contribution in [0.15, 0.2) is 36.5 Å². The Morgan fingerprint density at radius 3 is 2.63 bits per heavy atom. The average Bonchev–Trinajstić information content (AvgIpc) is 3.21. The number of Topliss-reactive ketones (excluding diaryl/α,β-unsaturated/α-hetero) is 1. The van der Waals surface area contributed by atoms with E-state index in [0.717, 1.165) is 18.5 Å². The maximum Gasteiger partial charge on any atom is 0.250 e. The lowest BCUT2D eigenvalue weighted by Crippen LogP contribution is -2.64. The third-order valence-corrected chi connectivity index (χ3v) is 6.85. The molecule has 5 rings (SSSR count). The highest BCUT2D eigenvalue weighted by atomic mass is 16.2. The van der Waals surface area contributed by atoms with Crippen LogP contribution in [0.4, 0.5) is 5.69 Å². The maximum atomic E-state index is 13.5. The predicted octanol–water partition coefficient (Wildman–Crippen LogP) is 2.18. The van der Waals surface area contributed by atoms with Crippen LogP contribution in [0.2, 0.25) is 0 Å². The van der Waals surface area contributed by atoms with Crippen LogP contribution in [0, 0.1) is 5.41 Å². The van der Waals surface area contributed by atoms with Crippen LogP contribution in [0.5, 0.6) is 0 Å². The first-order valence-corrected chi connectivity index (χ1v) is 9.60. The number of nitrogens with zero attached hydrogens (tertiary/aromatic N) is 2. The Kier molecular flexibility index (Phi) is 3.19. The summed E-state index contributed by atoms with van der Waals surface area (Å²) in [5, 5.41) is 3.45. The normalized spacial score (nSPS) is 33.6. The Bertz CT molecular complexity index is 906. The van der Waals surface area contributed by atoms with Gasteiger partial charge in [0.25, 0.3) is 0 Å². The summed E-state index contributed by atoms with van der Waals surface area (Å²) >= 11 is 0. The van der Waals surface area contributed by atoms with Crippen molar-refractivity contribution in [1.29, 1.82) is 0 Å². The number of fused-ring (bicyclic) bond motifs is 3. The van der Waals surface area contributed by atoms with Crippen molar-refractivity contribution < 1.29 is 14.4 Å². The maximum absolute atomic E-state index is 13.5. The molecular formula is C21H23N3O3. The molecule has 3 atom stereocenters. The molecule has 1 spiro atoms. The molecule has 0 radical (unpaired) electrons. The van der Waals surface area contributed by atoms with E-state index in [1.165, 1.54) is 0 Å². The van der Waals surface area contributed by atoms with Crippen molar-refractivity contribution in [2.75, 3.05) is 11.9 Å². The molecule has 6 heteroatoms. The van der Waals surface area contributed by atoms with Crippen LogP contribution >= 0.6 is 0 Å². The Labute approximate surface area is 158 Å². The molecule has 27 heavy (non-hydrogen) atoms.